The van der Waals surface area contributed by atoms with Crippen molar-refractivity contribution in [3.63, 3.8) is 0 Å². The van der Waals surface area contributed by atoms with Crippen LogP contribution >= 0.6 is 0 Å². The zero-order valence-corrected chi connectivity index (χ0v) is 14.8. The van der Waals surface area contributed by atoms with Gasteiger partial charge in [-0.3, -0.25) is 9.48 Å². The van der Waals surface area contributed by atoms with E-state index in [4.69, 9.17) is 4.74 Å². The summed E-state index contributed by atoms with van der Waals surface area (Å²) >= 11 is 0. The first-order valence-electron chi connectivity index (χ1n) is 8.11. The number of carbonyl (C=O) groups excluding carboxylic acids is 1. The maximum Gasteiger partial charge on any atom is 0.276 e. The maximum absolute atomic E-state index is 12.6. The van der Waals surface area contributed by atoms with E-state index in [1.54, 1.807) is 15.4 Å². The lowest BCUT2D eigenvalue weighted by molar-refractivity contribution is 0.102. The van der Waals surface area contributed by atoms with Gasteiger partial charge >= 0.3 is 0 Å². The van der Waals surface area contributed by atoms with Crippen LogP contribution in [-0.4, -0.2) is 32.1 Å². The highest BCUT2D eigenvalue weighted by molar-refractivity contribution is 6.03. The van der Waals surface area contributed by atoms with Gasteiger partial charge in [-0.25, -0.2) is 4.68 Å². The fraction of sp³-hybridized carbons (Fsp3) is 0.278. The number of rotatable bonds is 5. The largest absolute Gasteiger partial charge is 0.478 e. The molecule has 7 nitrogen and oxygen atoms in total. The lowest BCUT2D eigenvalue weighted by atomic mass is 10.3. The van der Waals surface area contributed by atoms with Gasteiger partial charge in [0.15, 0.2) is 5.69 Å². The monoisotopic (exact) mass is 339 g/mol. The van der Waals surface area contributed by atoms with Gasteiger partial charge in [0.05, 0.1) is 29.4 Å². The molecule has 3 rings (SSSR count). The molecule has 2 aromatic heterocycles. The van der Waals surface area contributed by atoms with Crippen LogP contribution in [0.15, 0.2) is 36.4 Å². The number of hydrogen-bond donors (Lipinski definition) is 1. The van der Waals surface area contributed by atoms with Gasteiger partial charge in [0, 0.05) is 13.1 Å². The molecule has 0 spiro atoms. The van der Waals surface area contributed by atoms with Crippen molar-refractivity contribution in [2.75, 3.05) is 11.9 Å². The van der Waals surface area contributed by atoms with E-state index in [-0.39, 0.29) is 11.6 Å². The Balaban J connectivity index is 1.93. The molecule has 7 heteroatoms. The Labute approximate surface area is 146 Å². The van der Waals surface area contributed by atoms with Crippen molar-refractivity contribution in [3.05, 3.63) is 53.5 Å². The molecule has 0 bridgehead atoms. The van der Waals surface area contributed by atoms with Crippen LogP contribution in [-0.2, 0) is 7.05 Å². The van der Waals surface area contributed by atoms with Crippen LogP contribution in [0.2, 0.25) is 0 Å². The number of aryl methyl sites for hydroxylation is 2. The topological polar surface area (TPSA) is 74.0 Å². The Morgan fingerprint density at radius 1 is 1.20 bits per heavy atom. The molecule has 25 heavy (non-hydrogen) atoms. The van der Waals surface area contributed by atoms with Crippen molar-refractivity contribution in [2.45, 2.75) is 20.8 Å². The first kappa shape index (κ1) is 16.8. The van der Waals surface area contributed by atoms with Gasteiger partial charge in [0.2, 0.25) is 5.88 Å². The minimum atomic E-state index is -0.296. The highest BCUT2D eigenvalue weighted by atomic mass is 16.5. The molecule has 1 aromatic carbocycles. The number of carbonyl (C=O) groups is 1. The van der Waals surface area contributed by atoms with Crippen LogP contribution < -0.4 is 10.1 Å². The summed E-state index contributed by atoms with van der Waals surface area (Å²) < 4.78 is 8.99. The molecule has 3 aromatic rings. The lowest BCUT2D eigenvalue weighted by Crippen LogP contribution is -2.14. The maximum atomic E-state index is 12.6. The standard InChI is InChI=1S/C18H21N5O2/c1-5-25-16-11-15(21-23(16)14-9-7-6-8-10-14)18(24)19-17-12(2)20-22(4)13(17)3/h6-11H,5H2,1-4H3,(H,19,24). The zero-order chi connectivity index (χ0) is 18.0. The summed E-state index contributed by atoms with van der Waals surface area (Å²) in [4.78, 5) is 12.6. The summed E-state index contributed by atoms with van der Waals surface area (Å²) in [6.07, 6.45) is 0. The van der Waals surface area contributed by atoms with Crippen LogP contribution in [0.5, 0.6) is 5.88 Å². The molecule has 130 valence electrons. The summed E-state index contributed by atoms with van der Waals surface area (Å²) in [6, 6.07) is 11.2. The third-order valence-corrected chi connectivity index (χ3v) is 3.95. The van der Waals surface area contributed by atoms with Gasteiger partial charge < -0.3 is 10.1 Å². The van der Waals surface area contributed by atoms with Crippen molar-refractivity contribution in [1.29, 1.82) is 0 Å². The van der Waals surface area contributed by atoms with Crippen LogP contribution in [0.25, 0.3) is 5.69 Å². The number of nitrogens with zero attached hydrogens (tertiary/aromatic N) is 4. The molecule has 0 aliphatic carbocycles. The second-order valence-corrected chi connectivity index (χ2v) is 5.67. The van der Waals surface area contributed by atoms with Crippen LogP contribution in [0.1, 0.15) is 28.8 Å². The molecule has 0 aliphatic rings. The van der Waals surface area contributed by atoms with E-state index in [9.17, 15) is 4.79 Å². The number of para-hydroxylation sites is 1. The predicted octanol–water partition coefficient (Wildman–Crippen LogP) is 2.87. The van der Waals surface area contributed by atoms with Gasteiger partial charge in [-0.15, -0.1) is 0 Å². The average molecular weight is 339 g/mol. The van der Waals surface area contributed by atoms with Gasteiger partial charge in [0.1, 0.15) is 0 Å². The van der Waals surface area contributed by atoms with Gasteiger partial charge in [-0.2, -0.15) is 10.2 Å². The summed E-state index contributed by atoms with van der Waals surface area (Å²) in [5.41, 5.74) is 3.48. The average Bonchev–Trinajstić information content (AvgIpc) is 3.13. The minimum absolute atomic E-state index is 0.287. The van der Waals surface area contributed by atoms with Crippen LogP contribution in [0.4, 0.5) is 5.69 Å². The number of amides is 1. The molecule has 0 atom stereocenters. The van der Waals surface area contributed by atoms with E-state index in [0.29, 0.717) is 18.2 Å². The molecule has 1 N–H and O–H groups in total. The highest BCUT2D eigenvalue weighted by Crippen LogP contribution is 2.22. The second kappa shape index (κ2) is 6.80. The van der Waals surface area contributed by atoms with Crippen molar-refractivity contribution in [2.24, 2.45) is 7.05 Å². The molecule has 0 unspecified atom stereocenters. The Hall–Kier alpha value is -3.09. The number of anilines is 1. The summed E-state index contributed by atoms with van der Waals surface area (Å²) in [5, 5.41) is 11.6. The SMILES string of the molecule is CCOc1cc(C(=O)Nc2c(C)nn(C)c2C)nn1-c1ccccc1. The fourth-order valence-electron chi connectivity index (χ4n) is 2.61. The van der Waals surface area contributed by atoms with E-state index in [2.05, 4.69) is 15.5 Å². The van der Waals surface area contributed by atoms with Crippen LogP contribution in [0, 0.1) is 13.8 Å². The Kier molecular flexibility index (Phi) is 4.56. The zero-order valence-electron chi connectivity index (χ0n) is 14.8. The van der Waals surface area contributed by atoms with E-state index in [0.717, 1.165) is 17.1 Å². The van der Waals surface area contributed by atoms with E-state index < -0.39 is 0 Å². The van der Waals surface area contributed by atoms with E-state index in [1.807, 2.05) is 58.2 Å². The minimum Gasteiger partial charge on any atom is -0.478 e. The third-order valence-electron chi connectivity index (χ3n) is 3.95. The van der Waals surface area contributed by atoms with E-state index in [1.165, 1.54) is 0 Å². The third kappa shape index (κ3) is 3.26. The fourth-order valence-corrected chi connectivity index (χ4v) is 2.61. The molecular weight excluding hydrogens is 318 g/mol. The normalized spacial score (nSPS) is 10.7. The molecule has 0 aliphatic heterocycles. The van der Waals surface area contributed by atoms with Gasteiger partial charge in [0.25, 0.3) is 5.91 Å². The smallest absolute Gasteiger partial charge is 0.276 e. The number of aromatic nitrogens is 4. The highest BCUT2D eigenvalue weighted by Gasteiger charge is 2.19. The number of hydrogen-bond acceptors (Lipinski definition) is 4. The molecule has 2 heterocycles. The van der Waals surface area contributed by atoms with Crippen molar-refractivity contribution < 1.29 is 9.53 Å². The number of ether oxygens (including phenoxy) is 1. The number of benzene rings is 1. The first-order chi connectivity index (χ1) is 12.0. The van der Waals surface area contributed by atoms with Crippen molar-refractivity contribution >= 4 is 11.6 Å². The molecule has 1 amide bonds. The summed E-state index contributed by atoms with van der Waals surface area (Å²) in [6.45, 7) is 6.14. The number of nitrogens with one attached hydrogen (secondary N) is 1. The van der Waals surface area contributed by atoms with Crippen molar-refractivity contribution in [3.8, 4) is 11.6 Å². The second-order valence-electron chi connectivity index (χ2n) is 5.67. The summed E-state index contributed by atoms with van der Waals surface area (Å²) in [5.74, 6) is 0.230. The molecule has 0 saturated carbocycles. The Bertz CT molecular complexity index is 896. The predicted molar refractivity (Wildman–Crippen MR) is 95.4 cm³/mol. The molecule has 0 saturated heterocycles. The van der Waals surface area contributed by atoms with Gasteiger partial charge in [-0.05, 0) is 32.9 Å². The van der Waals surface area contributed by atoms with Gasteiger partial charge in [-0.1, -0.05) is 18.2 Å². The van der Waals surface area contributed by atoms with E-state index >= 15 is 0 Å². The van der Waals surface area contributed by atoms with Crippen molar-refractivity contribution in [1.82, 2.24) is 19.6 Å². The Morgan fingerprint density at radius 2 is 1.92 bits per heavy atom. The Morgan fingerprint density at radius 3 is 2.52 bits per heavy atom. The molecule has 0 radical (unpaired) electrons. The lowest BCUT2D eigenvalue weighted by Gasteiger charge is -2.06. The molecule has 0 fully saturated rings. The quantitative estimate of drug-likeness (QED) is 0.776. The first-order valence-corrected chi connectivity index (χ1v) is 8.11. The summed E-state index contributed by atoms with van der Waals surface area (Å²) in [7, 11) is 1.84. The molecular formula is C18H21N5O2. The van der Waals surface area contributed by atoms with Crippen LogP contribution in [0.3, 0.4) is 0 Å².